The maximum absolute atomic E-state index is 14.0. The Morgan fingerprint density at radius 2 is 1.12 bits per heavy atom. The number of nitrogens with two attached hydrogens (primary N) is 1. The summed E-state index contributed by atoms with van der Waals surface area (Å²) in [6, 6.07) is 3.93. The minimum atomic E-state index is -1.27. The Labute approximate surface area is 460 Å². The highest BCUT2D eigenvalue weighted by Gasteiger charge is 2.43. The number of rotatable bonds is 28. The van der Waals surface area contributed by atoms with E-state index in [1.165, 1.54) is 11.8 Å². The third-order valence-electron chi connectivity index (χ3n) is 14.0. The quantitative estimate of drug-likeness (QED) is 0.0529. The van der Waals surface area contributed by atoms with Gasteiger partial charge in [0.05, 0.1) is 37.6 Å². The molecule has 0 bridgehead atoms. The number of carboxylic acid groups (broad SMARTS) is 3. The maximum atomic E-state index is 14.0. The molecule has 8 N–H and O–H groups in total. The molecular weight excluding hydrogens is 1040 g/mol. The summed E-state index contributed by atoms with van der Waals surface area (Å²) in [6.07, 6.45) is 1.86. The number of thioether (sulfide) groups is 2. The SMILES string of the molecule is CC[C@H](C)C(NC(=O)[C@H](CC(C)C)NC(=O)C1(NC(=O)CCSCc2cccc(CSCCC(=O)N3CCN(C(=O)CN4CCN(CC(=O)O)CCN(CC(=O)O)CCN(CC(=O)O)CC4)CC3)n2)CCOCC1)C(N)=O. The van der Waals surface area contributed by atoms with Crippen molar-refractivity contribution in [3.05, 3.63) is 29.6 Å². The van der Waals surface area contributed by atoms with Gasteiger partial charge in [0.2, 0.25) is 35.4 Å². The molecule has 26 heteroatoms. The zero-order chi connectivity index (χ0) is 56.5. The van der Waals surface area contributed by atoms with Crippen molar-refractivity contribution in [1.82, 2.24) is 50.3 Å². The van der Waals surface area contributed by atoms with Crippen molar-refractivity contribution in [2.75, 3.05) is 129 Å². The van der Waals surface area contributed by atoms with Crippen molar-refractivity contribution >= 4 is 76.9 Å². The van der Waals surface area contributed by atoms with Gasteiger partial charge in [-0.25, -0.2) is 0 Å². The molecule has 77 heavy (non-hydrogen) atoms. The van der Waals surface area contributed by atoms with Crippen molar-refractivity contribution in [1.29, 1.82) is 0 Å². The van der Waals surface area contributed by atoms with Crippen LogP contribution in [-0.4, -0.2) is 250 Å². The van der Waals surface area contributed by atoms with Gasteiger partial charge in [-0.2, -0.15) is 23.5 Å². The summed E-state index contributed by atoms with van der Waals surface area (Å²) in [5.74, 6) is -3.16. The molecule has 0 radical (unpaired) electrons. The van der Waals surface area contributed by atoms with Gasteiger partial charge in [0.1, 0.15) is 17.6 Å². The van der Waals surface area contributed by atoms with Gasteiger partial charge < -0.3 is 51.5 Å². The van der Waals surface area contributed by atoms with Crippen LogP contribution in [0.2, 0.25) is 0 Å². The van der Waals surface area contributed by atoms with Gasteiger partial charge >= 0.3 is 17.9 Å². The molecule has 3 atom stereocenters. The number of carbonyl (C=O) groups excluding carboxylic acids is 6. The average molecular weight is 1120 g/mol. The van der Waals surface area contributed by atoms with Crippen LogP contribution in [0, 0.1) is 11.8 Å². The first-order valence-corrected chi connectivity index (χ1v) is 29.0. The van der Waals surface area contributed by atoms with Gasteiger partial charge in [0.15, 0.2) is 0 Å². The molecule has 4 rings (SSSR count). The molecule has 6 amide bonds. The van der Waals surface area contributed by atoms with Gasteiger partial charge in [-0.15, -0.1) is 0 Å². The summed E-state index contributed by atoms with van der Waals surface area (Å²) in [7, 11) is 0. The Morgan fingerprint density at radius 1 is 0.662 bits per heavy atom. The molecule has 0 aromatic carbocycles. The zero-order valence-electron chi connectivity index (χ0n) is 45.3. The van der Waals surface area contributed by atoms with E-state index in [2.05, 4.69) is 16.0 Å². The Balaban J connectivity index is 1.19. The maximum Gasteiger partial charge on any atom is 0.317 e. The lowest BCUT2D eigenvalue weighted by atomic mass is 9.87. The number of pyridine rings is 1. The van der Waals surface area contributed by atoms with E-state index in [0.717, 1.165) is 11.4 Å². The average Bonchev–Trinajstić information content (AvgIpc) is 3.38. The number of amides is 6. The second-order valence-electron chi connectivity index (χ2n) is 20.4. The van der Waals surface area contributed by atoms with Gasteiger partial charge in [-0.1, -0.05) is 40.2 Å². The number of carboxylic acids is 3. The van der Waals surface area contributed by atoms with E-state index < -0.39 is 53.3 Å². The van der Waals surface area contributed by atoms with Gasteiger partial charge in [-0.3, -0.25) is 67.7 Å². The fourth-order valence-corrected chi connectivity index (χ4v) is 10.9. The molecule has 0 spiro atoms. The van der Waals surface area contributed by atoms with E-state index in [-0.39, 0.29) is 114 Å². The molecule has 1 aromatic rings. The van der Waals surface area contributed by atoms with Crippen molar-refractivity contribution in [3.8, 4) is 0 Å². The van der Waals surface area contributed by atoms with Gasteiger partial charge in [0.25, 0.3) is 0 Å². The van der Waals surface area contributed by atoms with E-state index in [1.807, 2.05) is 50.8 Å². The number of nitrogens with zero attached hydrogens (tertiary/aromatic N) is 7. The number of piperazine rings is 1. The lowest BCUT2D eigenvalue weighted by Gasteiger charge is -2.38. The van der Waals surface area contributed by atoms with E-state index >= 15 is 0 Å². The van der Waals surface area contributed by atoms with Crippen molar-refractivity contribution < 1.29 is 63.2 Å². The third kappa shape index (κ3) is 23.4. The second-order valence-corrected chi connectivity index (χ2v) is 22.7. The summed E-state index contributed by atoms with van der Waals surface area (Å²) in [4.78, 5) is 130. The van der Waals surface area contributed by atoms with Crippen molar-refractivity contribution in [3.63, 3.8) is 0 Å². The minimum Gasteiger partial charge on any atom is -0.480 e. The molecule has 432 valence electrons. The summed E-state index contributed by atoms with van der Waals surface area (Å²) in [5, 5.41) is 37.1. The first-order valence-electron chi connectivity index (χ1n) is 26.7. The number of ether oxygens (including phenoxy) is 1. The molecule has 0 aliphatic carbocycles. The third-order valence-corrected chi connectivity index (χ3v) is 15.9. The smallest absolute Gasteiger partial charge is 0.317 e. The zero-order valence-corrected chi connectivity index (χ0v) is 46.9. The molecule has 4 heterocycles. The first kappa shape index (κ1) is 64.4. The van der Waals surface area contributed by atoms with Crippen LogP contribution in [-0.2, 0) is 59.4 Å². The molecule has 1 unspecified atom stereocenters. The number of nitrogens with one attached hydrogen (secondary N) is 3. The summed E-state index contributed by atoms with van der Waals surface area (Å²) in [6.45, 7) is 11.2. The Morgan fingerprint density at radius 3 is 1.56 bits per heavy atom. The van der Waals surface area contributed by atoms with Crippen LogP contribution in [0.4, 0.5) is 0 Å². The van der Waals surface area contributed by atoms with E-state index in [4.69, 9.17) is 15.5 Å². The van der Waals surface area contributed by atoms with Crippen LogP contribution in [0.25, 0.3) is 0 Å². The lowest BCUT2D eigenvalue weighted by molar-refractivity contribution is -0.141. The second kappa shape index (κ2) is 33.3. The first-order chi connectivity index (χ1) is 36.7. The van der Waals surface area contributed by atoms with Crippen LogP contribution in [0.15, 0.2) is 18.2 Å². The molecule has 3 saturated heterocycles. The Hall–Kier alpha value is -5.12. The Bertz CT molecular complexity index is 2100. The van der Waals surface area contributed by atoms with Gasteiger partial charge in [-0.05, 0) is 30.4 Å². The predicted molar refractivity (Wildman–Crippen MR) is 291 cm³/mol. The highest BCUT2D eigenvalue weighted by Crippen LogP contribution is 2.24. The number of carbonyl (C=O) groups is 9. The highest BCUT2D eigenvalue weighted by molar-refractivity contribution is 7.98. The number of aromatic nitrogens is 1. The Kier molecular flexibility index (Phi) is 27.9. The van der Waals surface area contributed by atoms with Crippen LogP contribution in [0.3, 0.4) is 0 Å². The predicted octanol–water partition coefficient (Wildman–Crippen LogP) is -0.313. The van der Waals surface area contributed by atoms with Gasteiger partial charge in [0, 0.05) is 140 Å². The summed E-state index contributed by atoms with van der Waals surface area (Å²) in [5.41, 5.74) is 6.03. The normalized spacial score (nSPS) is 18.7. The fraction of sp³-hybridized carbons (Fsp3) is 0.725. The van der Waals surface area contributed by atoms with Crippen LogP contribution in [0.1, 0.15) is 77.6 Å². The number of primary amides is 1. The summed E-state index contributed by atoms with van der Waals surface area (Å²) < 4.78 is 5.55. The monoisotopic (exact) mass is 1120 g/mol. The number of aliphatic carboxylic acids is 3. The van der Waals surface area contributed by atoms with E-state index in [1.54, 1.807) is 36.3 Å². The van der Waals surface area contributed by atoms with Crippen molar-refractivity contribution in [2.45, 2.75) is 95.3 Å². The fourth-order valence-electron chi connectivity index (χ4n) is 9.25. The van der Waals surface area contributed by atoms with Crippen LogP contribution >= 0.6 is 23.5 Å². The summed E-state index contributed by atoms with van der Waals surface area (Å²) >= 11 is 3.13. The molecular formula is C51H83N11O13S2. The van der Waals surface area contributed by atoms with Crippen molar-refractivity contribution in [2.24, 2.45) is 17.6 Å². The lowest BCUT2D eigenvalue weighted by Crippen LogP contribution is -2.64. The minimum absolute atomic E-state index is 0.00729. The topological polar surface area (TPSA) is 318 Å². The molecule has 3 aliphatic rings. The highest BCUT2D eigenvalue weighted by atomic mass is 32.2. The van der Waals surface area contributed by atoms with Crippen LogP contribution < -0.4 is 21.7 Å². The number of hydrogen-bond acceptors (Lipinski definition) is 17. The van der Waals surface area contributed by atoms with E-state index in [9.17, 15) is 58.5 Å². The largest absolute Gasteiger partial charge is 0.480 e. The molecule has 3 fully saturated rings. The molecule has 3 aliphatic heterocycles. The number of hydrogen-bond donors (Lipinski definition) is 7. The molecule has 1 aromatic heterocycles. The van der Waals surface area contributed by atoms with E-state index in [0.29, 0.717) is 94.6 Å². The molecule has 0 saturated carbocycles. The standard InChI is InChI=1S/C51H83N11O13S2/c1-5-37(4)47(48(52)72)55-49(73)40(29-36(2)3)54-50(74)51(11-25-75-26-12-51)56-41(63)9-27-76-34-38-7-6-8-39(53-38)35-77-28-10-42(64)61-21-23-62(24-22-61)43(65)30-57-13-15-58(31-44(66)67)17-19-60(33-46(70)71)20-18-59(16-14-57)32-45(68)69/h6-8,36-37,40,47H,5,9-35H2,1-4H3,(H2,52,72)(H,54,74)(H,55,73)(H,56,63)(H,66,67)(H,68,69)(H,70,71)/t37-,40-,47?/m0/s1. The van der Waals surface area contributed by atoms with Crippen LogP contribution in [0.5, 0.6) is 0 Å². The molecule has 24 nitrogen and oxygen atoms in total.